The molecular formula is C15H25N3S2. The minimum atomic E-state index is 0.129. The molecule has 2 aromatic heterocycles. The highest BCUT2D eigenvalue weighted by Crippen LogP contribution is 2.27. The van der Waals surface area contributed by atoms with Crippen LogP contribution in [-0.2, 0) is 6.54 Å². The van der Waals surface area contributed by atoms with E-state index in [2.05, 4.69) is 49.0 Å². The number of aromatic nitrogens is 2. The van der Waals surface area contributed by atoms with Crippen LogP contribution in [0.3, 0.4) is 0 Å². The Morgan fingerprint density at radius 2 is 2.15 bits per heavy atom. The SMILES string of the molecule is CCCCCSc1nc2sccn2c1CNC(C)(C)C. The topological polar surface area (TPSA) is 29.3 Å². The molecule has 0 unspecified atom stereocenters. The third-order valence-corrected chi connectivity index (χ3v) is 4.95. The van der Waals surface area contributed by atoms with E-state index in [1.165, 1.54) is 35.7 Å². The largest absolute Gasteiger partial charge is 0.306 e. The summed E-state index contributed by atoms with van der Waals surface area (Å²) in [6.45, 7) is 9.72. The summed E-state index contributed by atoms with van der Waals surface area (Å²) in [6, 6.07) is 0. The normalized spacial score (nSPS) is 12.4. The summed E-state index contributed by atoms with van der Waals surface area (Å²) in [7, 11) is 0. The fourth-order valence-electron chi connectivity index (χ4n) is 1.96. The maximum Gasteiger partial charge on any atom is 0.194 e. The third-order valence-electron chi connectivity index (χ3n) is 3.10. The third kappa shape index (κ3) is 4.24. The van der Waals surface area contributed by atoms with E-state index in [-0.39, 0.29) is 5.54 Å². The van der Waals surface area contributed by atoms with Gasteiger partial charge in [0.1, 0.15) is 5.03 Å². The Morgan fingerprint density at radius 1 is 1.35 bits per heavy atom. The van der Waals surface area contributed by atoms with E-state index in [9.17, 15) is 0 Å². The van der Waals surface area contributed by atoms with Crippen molar-refractivity contribution >= 4 is 28.1 Å². The molecule has 2 rings (SSSR count). The first kappa shape index (κ1) is 15.9. The number of unbranched alkanes of at least 4 members (excludes halogenated alkanes) is 2. The second-order valence-corrected chi connectivity index (χ2v) is 8.03. The molecule has 0 saturated heterocycles. The van der Waals surface area contributed by atoms with Crippen LogP contribution in [0.2, 0.25) is 0 Å². The van der Waals surface area contributed by atoms with Gasteiger partial charge in [0.05, 0.1) is 5.69 Å². The van der Waals surface area contributed by atoms with Gasteiger partial charge in [-0.2, -0.15) is 0 Å². The van der Waals surface area contributed by atoms with E-state index in [1.54, 1.807) is 11.3 Å². The highest BCUT2D eigenvalue weighted by molar-refractivity contribution is 7.99. The van der Waals surface area contributed by atoms with Crippen molar-refractivity contribution in [3.63, 3.8) is 0 Å². The van der Waals surface area contributed by atoms with Gasteiger partial charge in [-0.1, -0.05) is 19.8 Å². The Bertz CT molecular complexity index is 537. The lowest BCUT2D eigenvalue weighted by Gasteiger charge is -2.20. The van der Waals surface area contributed by atoms with Crippen molar-refractivity contribution in [1.29, 1.82) is 0 Å². The zero-order chi connectivity index (χ0) is 14.6. The molecule has 0 radical (unpaired) electrons. The maximum absolute atomic E-state index is 4.78. The van der Waals surface area contributed by atoms with Crippen LogP contribution in [0.1, 0.15) is 52.7 Å². The van der Waals surface area contributed by atoms with Gasteiger partial charge in [0.15, 0.2) is 4.96 Å². The summed E-state index contributed by atoms with van der Waals surface area (Å²) in [5, 5.41) is 6.88. The second kappa shape index (κ2) is 6.96. The average Bonchev–Trinajstić information content (AvgIpc) is 2.92. The van der Waals surface area contributed by atoms with Gasteiger partial charge in [-0.05, 0) is 32.9 Å². The van der Waals surface area contributed by atoms with Crippen LogP contribution >= 0.6 is 23.1 Å². The molecule has 0 amide bonds. The molecule has 0 aliphatic carbocycles. The highest BCUT2D eigenvalue weighted by Gasteiger charge is 2.16. The zero-order valence-corrected chi connectivity index (χ0v) is 14.5. The van der Waals surface area contributed by atoms with Gasteiger partial charge in [-0.25, -0.2) is 4.98 Å². The predicted octanol–water partition coefficient (Wildman–Crippen LogP) is 4.57. The average molecular weight is 312 g/mol. The zero-order valence-electron chi connectivity index (χ0n) is 12.9. The molecule has 0 spiro atoms. The Kier molecular flexibility index (Phi) is 5.52. The quantitative estimate of drug-likeness (QED) is 0.600. The lowest BCUT2D eigenvalue weighted by molar-refractivity contribution is 0.418. The van der Waals surface area contributed by atoms with E-state index in [1.807, 2.05) is 11.8 Å². The van der Waals surface area contributed by atoms with E-state index in [0.717, 1.165) is 11.5 Å². The van der Waals surface area contributed by atoms with Crippen LogP contribution in [0.4, 0.5) is 0 Å². The molecule has 112 valence electrons. The van der Waals surface area contributed by atoms with Crippen LogP contribution in [-0.4, -0.2) is 20.7 Å². The van der Waals surface area contributed by atoms with Crippen molar-refractivity contribution in [2.75, 3.05) is 5.75 Å². The molecule has 5 heteroatoms. The summed E-state index contributed by atoms with van der Waals surface area (Å²) in [6.07, 6.45) is 5.99. The molecule has 0 saturated carbocycles. The summed E-state index contributed by atoms with van der Waals surface area (Å²) >= 11 is 3.61. The molecule has 2 heterocycles. The molecule has 2 aromatic rings. The lowest BCUT2D eigenvalue weighted by atomic mass is 10.1. The van der Waals surface area contributed by atoms with Crippen LogP contribution in [0.15, 0.2) is 16.6 Å². The number of rotatable bonds is 7. The van der Waals surface area contributed by atoms with Gasteiger partial charge in [0.2, 0.25) is 0 Å². The number of nitrogens with one attached hydrogen (secondary N) is 1. The standard InChI is InChI=1S/C15H25N3S2/c1-5-6-7-9-19-13-12(11-16-15(2,3)4)18-8-10-20-14(18)17-13/h8,10,16H,5-7,9,11H2,1-4H3. The molecule has 0 bridgehead atoms. The molecule has 0 aliphatic rings. The van der Waals surface area contributed by atoms with Crippen LogP contribution in [0, 0.1) is 0 Å². The predicted molar refractivity (Wildman–Crippen MR) is 89.9 cm³/mol. The van der Waals surface area contributed by atoms with Gasteiger partial charge in [0, 0.05) is 23.7 Å². The molecule has 3 nitrogen and oxygen atoms in total. The van der Waals surface area contributed by atoms with Crippen molar-refractivity contribution in [2.24, 2.45) is 0 Å². The number of nitrogens with zero attached hydrogens (tertiary/aromatic N) is 2. The minimum Gasteiger partial charge on any atom is -0.306 e. The first-order valence-corrected chi connectivity index (χ1v) is 9.20. The van der Waals surface area contributed by atoms with Gasteiger partial charge in [-0.3, -0.25) is 4.40 Å². The first-order chi connectivity index (χ1) is 9.51. The Morgan fingerprint density at radius 3 is 2.85 bits per heavy atom. The Labute approximate surface area is 130 Å². The Hall–Kier alpha value is -0.520. The fraction of sp³-hybridized carbons (Fsp3) is 0.667. The number of imidazole rings is 1. The van der Waals surface area contributed by atoms with Crippen LogP contribution in [0.25, 0.3) is 4.96 Å². The number of thioether (sulfide) groups is 1. The molecule has 20 heavy (non-hydrogen) atoms. The number of thiazole rings is 1. The lowest BCUT2D eigenvalue weighted by Crippen LogP contribution is -2.35. The summed E-state index contributed by atoms with van der Waals surface area (Å²) < 4.78 is 2.23. The number of fused-ring (bicyclic) bond motifs is 1. The Balaban J connectivity index is 2.09. The molecule has 0 atom stereocenters. The monoisotopic (exact) mass is 311 g/mol. The summed E-state index contributed by atoms with van der Waals surface area (Å²) in [5.41, 5.74) is 1.43. The van der Waals surface area contributed by atoms with Crippen LogP contribution in [0.5, 0.6) is 0 Å². The van der Waals surface area contributed by atoms with E-state index in [4.69, 9.17) is 4.98 Å². The number of hydrogen-bond donors (Lipinski definition) is 1. The molecule has 0 fully saturated rings. The van der Waals surface area contributed by atoms with Crippen molar-refractivity contribution in [2.45, 2.75) is 64.1 Å². The van der Waals surface area contributed by atoms with Crippen molar-refractivity contribution in [3.8, 4) is 0 Å². The van der Waals surface area contributed by atoms with Crippen molar-refractivity contribution in [1.82, 2.24) is 14.7 Å². The summed E-state index contributed by atoms with van der Waals surface area (Å²) in [4.78, 5) is 5.88. The molecular weight excluding hydrogens is 286 g/mol. The highest BCUT2D eigenvalue weighted by atomic mass is 32.2. The van der Waals surface area contributed by atoms with E-state index in [0.29, 0.717) is 0 Å². The second-order valence-electron chi connectivity index (χ2n) is 6.08. The van der Waals surface area contributed by atoms with Gasteiger partial charge in [-0.15, -0.1) is 23.1 Å². The maximum atomic E-state index is 4.78. The van der Waals surface area contributed by atoms with Crippen molar-refractivity contribution < 1.29 is 0 Å². The molecule has 0 aromatic carbocycles. The van der Waals surface area contributed by atoms with Gasteiger partial charge < -0.3 is 5.32 Å². The minimum absolute atomic E-state index is 0.129. The first-order valence-electron chi connectivity index (χ1n) is 7.33. The van der Waals surface area contributed by atoms with Gasteiger partial charge in [0.25, 0.3) is 0 Å². The summed E-state index contributed by atoms with van der Waals surface area (Å²) in [5.74, 6) is 1.17. The van der Waals surface area contributed by atoms with Crippen LogP contribution < -0.4 is 5.32 Å². The molecule has 1 N–H and O–H groups in total. The smallest absolute Gasteiger partial charge is 0.194 e. The molecule has 0 aliphatic heterocycles. The van der Waals surface area contributed by atoms with Gasteiger partial charge >= 0.3 is 0 Å². The van der Waals surface area contributed by atoms with E-state index >= 15 is 0 Å². The van der Waals surface area contributed by atoms with E-state index < -0.39 is 0 Å². The number of hydrogen-bond acceptors (Lipinski definition) is 4. The van der Waals surface area contributed by atoms with Crippen molar-refractivity contribution in [3.05, 3.63) is 17.3 Å². The fourth-order valence-corrected chi connectivity index (χ4v) is 3.78.